The fraction of sp³-hybridized carbons (Fsp3) is 0.913. The molecule has 0 bridgehead atoms. The summed E-state index contributed by atoms with van der Waals surface area (Å²) in [4.78, 5) is 5.08. The van der Waals surface area contributed by atoms with Crippen molar-refractivity contribution in [2.45, 2.75) is 123 Å². The first-order valence-electron chi connectivity index (χ1n) is 11.5. The molecule has 148 valence electrons. The van der Waals surface area contributed by atoms with E-state index >= 15 is 0 Å². The topological polar surface area (TPSA) is 6.48 Å². The molecule has 2 heteroatoms. The van der Waals surface area contributed by atoms with E-state index < -0.39 is 0 Å². The van der Waals surface area contributed by atoms with E-state index in [0.29, 0.717) is 6.17 Å². The molecule has 1 unspecified atom stereocenters. The van der Waals surface area contributed by atoms with Gasteiger partial charge in [0, 0.05) is 25.5 Å². The zero-order valence-corrected chi connectivity index (χ0v) is 17.6. The van der Waals surface area contributed by atoms with Gasteiger partial charge in [-0.1, -0.05) is 97.3 Å². The molecule has 0 N–H and O–H groups in total. The van der Waals surface area contributed by atoms with Gasteiger partial charge in [0.05, 0.1) is 6.17 Å². The Bertz CT molecular complexity index is 313. The van der Waals surface area contributed by atoms with Gasteiger partial charge in [0.25, 0.3) is 0 Å². The third-order valence-corrected chi connectivity index (χ3v) is 5.70. The van der Waals surface area contributed by atoms with E-state index in [9.17, 15) is 0 Å². The Labute approximate surface area is 159 Å². The minimum atomic E-state index is 0.574. The maximum atomic E-state index is 2.54. The molecule has 0 spiro atoms. The van der Waals surface area contributed by atoms with E-state index in [2.05, 4.69) is 43.0 Å². The van der Waals surface area contributed by atoms with Crippen molar-refractivity contribution in [2.75, 3.05) is 13.1 Å². The summed E-state index contributed by atoms with van der Waals surface area (Å²) in [7, 11) is 0. The summed E-state index contributed by atoms with van der Waals surface area (Å²) in [5, 5.41) is 0. The van der Waals surface area contributed by atoms with Crippen LogP contribution >= 0.6 is 0 Å². The second-order valence-electron chi connectivity index (χ2n) is 8.00. The van der Waals surface area contributed by atoms with Crippen molar-refractivity contribution in [1.29, 1.82) is 0 Å². The van der Waals surface area contributed by atoms with E-state index in [1.54, 1.807) is 0 Å². The van der Waals surface area contributed by atoms with E-state index in [4.69, 9.17) is 0 Å². The summed E-state index contributed by atoms with van der Waals surface area (Å²) in [6, 6.07) is 0. The SMILES string of the molecule is CCCCCCCCCCN1C=CN(CCCCCCCCC)C1C. The van der Waals surface area contributed by atoms with Gasteiger partial charge in [0.1, 0.15) is 0 Å². The van der Waals surface area contributed by atoms with Gasteiger partial charge in [0.2, 0.25) is 0 Å². The lowest BCUT2D eigenvalue weighted by molar-refractivity contribution is 0.165. The Morgan fingerprint density at radius 1 is 0.520 bits per heavy atom. The lowest BCUT2D eigenvalue weighted by Crippen LogP contribution is -2.36. The number of nitrogens with zero attached hydrogens (tertiary/aromatic N) is 2. The molecule has 0 aromatic heterocycles. The molecule has 0 radical (unpaired) electrons. The van der Waals surface area contributed by atoms with Crippen LogP contribution in [0.3, 0.4) is 0 Å². The Hall–Kier alpha value is -0.660. The first-order chi connectivity index (χ1) is 12.3. The normalized spacial score (nSPS) is 17.0. The number of rotatable bonds is 17. The average molecular weight is 351 g/mol. The van der Waals surface area contributed by atoms with Crippen molar-refractivity contribution >= 4 is 0 Å². The Morgan fingerprint density at radius 2 is 0.840 bits per heavy atom. The Morgan fingerprint density at radius 3 is 1.20 bits per heavy atom. The average Bonchev–Trinajstić information content (AvgIpc) is 2.96. The summed E-state index contributed by atoms with van der Waals surface area (Å²) in [5.41, 5.74) is 0. The van der Waals surface area contributed by atoms with Crippen LogP contribution in [0.2, 0.25) is 0 Å². The van der Waals surface area contributed by atoms with Crippen LogP contribution in [0.4, 0.5) is 0 Å². The Kier molecular flexibility index (Phi) is 14.0. The summed E-state index contributed by atoms with van der Waals surface area (Å²) < 4.78 is 0. The molecule has 1 aliphatic rings. The number of hydrogen-bond donors (Lipinski definition) is 0. The van der Waals surface area contributed by atoms with Crippen LogP contribution < -0.4 is 0 Å². The van der Waals surface area contributed by atoms with E-state index in [-0.39, 0.29) is 0 Å². The molecular weight excluding hydrogens is 304 g/mol. The van der Waals surface area contributed by atoms with Crippen LogP contribution in [-0.2, 0) is 0 Å². The fourth-order valence-electron chi connectivity index (χ4n) is 3.81. The zero-order valence-electron chi connectivity index (χ0n) is 17.6. The molecule has 0 fully saturated rings. The van der Waals surface area contributed by atoms with Gasteiger partial charge in [-0.2, -0.15) is 0 Å². The van der Waals surface area contributed by atoms with Gasteiger partial charge in [-0.05, 0) is 19.8 Å². The van der Waals surface area contributed by atoms with Crippen molar-refractivity contribution in [1.82, 2.24) is 9.80 Å². The zero-order chi connectivity index (χ0) is 18.2. The van der Waals surface area contributed by atoms with Crippen molar-refractivity contribution in [3.05, 3.63) is 12.4 Å². The summed E-state index contributed by atoms with van der Waals surface area (Å²) in [5.74, 6) is 0. The molecule has 1 rings (SSSR count). The number of hydrogen-bond acceptors (Lipinski definition) is 2. The molecule has 1 heterocycles. The fourth-order valence-corrected chi connectivity index (χ4v) is 3.81. The molecule has 0 aliphatic carbocycles. The second-order valence-corrected chi connectivity index (χ2v) is 8.00. The van der Waals surface area contributed by atoms with Crippen molar-refractivity contribution in [3.63, 3.8) is 0 Å². The van der Waals surface area contributed by atoms with Gasteiger partial charge < -0.3 is 9.80 Å². The third kappa shape index (κ3) is 10.8. The molecule has 0 amide bonds. The highest BCUT2D eigenvalue weighted by atomic mass is 15.4. The lowest BCUT2D eigenvalue weighted by atomic mass is 10.1. The summed E-state index contributed by atoms with van der Waals surface area (Å²) >= 11 is 0. The molecule has 1 atom stereocenters. The summed E-state index contributed by atoms with van der Waals surface area (Å²) in [6.45, 7) is 9.42. The maximum absolute atomic E-state index is 2.54. The quantitative estimate of drug-likeness (QED) is 0.254. The van der Waals surface area contributed by atoms with Crippen molar-refractivity contribution < 1.29 is 0 Å². The monoisotopic (exact) mass is 350 g/mol. The van der Waals surface area contributed by atoms with Gasteiger partial charge in [0.15, 0.2) is 0 Å². The largest absolute Gasteiger partial charge is 0.356 e. The van der Waals surface area contributed by atoms with Gasteiger partial charge >= 0.3 is 0 Å². The van der Waals surface area contributed by atoms with Crippen LogP contribution in [-0.4, -0.2) is 29.1 Å². The highest BCUT2D eigenvalue weighted by Crippen LogP contribution is 2.18. The molecule has 1 aliphatic heterocycles. The van der Waals surface area contributed by atoms with Crippen LogP contribution in [0.15, 0.2) is 12.4 Å². The first-order valence-corrected chi connectivity index (χ1v) is 11.5. The highest BCUT2D eigenvalue weighted by Gasteiger charge is 2.20. The van der Waals surface area contributed by atoms with Crippen LogP contribution in [0.5, 0.6) is 0 Å². The van der Waals surface area contributed by atoms with Crippen molar-refractivity contribution in [3.8, 4) is 0 Å². The van der Waals surface area contributed by atoms with E-state index in [1.165, 1.54) is 109 Å². The molecule has 0 aromatic carbocycles. The molecule has 0 saturated carbocycles. The third-order valence-electron chi connectivity index (χ3n) is 5.70. The maximum Gasteiger partial charge on any atom is 0.0977 e. The lowest BCUT2D eigenvalue weighted by Gasteiger charge is -2.30. The van der Waals surface area contributed by atoms with Crippen LogP contribution in [0.25, 0.3) is 0 Å². The van der Waals surface area contributed by atoms with Crippen LogP contribution in [0, 0.1) is 0 Å². The van der Waals surface area contributed by atoms with E-state index in [0.717, 1.165) is 0 Å². The smallest absolute Gasteiger partial charge is 0.0977 e. The first kappa shape index (κ1) is 22.4. The minimum Gasteiger partial charge on any atom is -0.356 e. The van der Waals surface area contributed by atoms with Gasteiger partial charge in [-0.3, -0.25) is 0 Å². The highest BCUT2D eigenvalue weighted by molar-refractivity contribution is 4.95. The molecule has 0 aromatic rings. The van der Waals surface area contributed by atoms with Crippen molar-refractivity contribution in [2.24, 2.45) is 0 Å². The standard InChI is InChI=1S/C23H46N2/c1-4-6-8-10-12-14-16-18-20-25-22-21-24(23(25)3)19-17-15-13-11-9-7-5-2/h21-23H,4-20H2,1-3H3. The van der Waals surface area contributed by atoms with E-state index in [1.807, 2.05) is 0 Å². The van der Waals surface area contributed by atoms with Crippen LogP contribution in [0.1, 0.15) is 117 Å². The molecule has 0 saturated heterocycles. The molecular formula is C23H46N2. The molecule has 2 nitrogen and oxygen atoms in total. The Balaban J connectivity index is 1.96. The van der Waals surface area contributed by atoms with Gasteiger partial charge in [-0.15, -0.1) is 0 Å². The minimum absolute atomic E-state index is 0.574. The molecule has 25 heavy (non-hydrogen) atoms. The predicted molar refractivity (Wildman–Crippen MR) is 113 cm³/mol. The summed E-state index contributed by atoms with van der Waals surface area (Å²) in [6.07, 6.45) is 26.3. The second kappa shape index (κ2) is 15.6. The van der Waals surface area contributed by atoms with Gasteiger partial charge in [-0.25, -0.2) is 0 Å². The number of unbranched alkanes of at least 4 members (excludes halogenated alkanes) is 13. The predicted octanol–water partition coefficient (Wildman–Crippen LogP) is 7.31.